The van der Waals surface area contributed by atoms with Crippen LogP contribution in [0.15, 0.2) is 164 Å². The summed E-state index contributed by atoms with van der Waals surface area (Å²) in [5.74, 6) is 10.1. The zero-order valence-corrected chi connectivity index (χ0v) is 71.3. The number of aromatic amines is 3. The lowest BCUT2D eigenvalue weighted by atomic mass is 9.81. The van der Waals surface area contributed by atoms with Gasteiger partial charge in [0.15, 0.2) is 17.5 Å². The van der Waals surface area contributed by atoms with Gasteiger partial charge in [-0.15, -0.1) is 0 Å². The van der Waals surface area contributed by atoms with Gasteiger partial charge in [-0.2, -0.15) is 30.2 Å². The van der Waals surface area contributed by atoms with E-state index in [1.165, 1.54) is 0 Å². The number of ketones is 1. The smallest absolute Gasteiger partial charge is 0.409 e. The minimum absolute atomic E-state index is 0.160. The number of para-hydroxylation sites is 2. The topological polar surface area (TPSA) is 417 Å². The van der Waals surface area contributed by atoms with E-state index in [1.807, 2.05) is 97.3 Å². The summed E-state index contributed by atoms with van der Waals surface area (Å²) in [6.45, 7) is 10.9. The number of hydrogen-bond donors (Lipinski definition) is 11. The van der Waals surface area contributed by atoms with E-state index in [4.69, 9.17) is 42.0 Å². The molecule has 10 aromatic rings. The van der Waals surface area contributed by atoms with Crippen LogP contribution in [-0.2, 0) is 36.9 Å². The number of carbonyl (C=O) groups is 3. The number of halogens is 1. The molecule has 3 atom stereocenters. The van der Waals surface area contributed by atoms with Gasteiger partial charge in [0.25, 0.3) is 0 Å². The van der Waals surface area contributed by atoms with Gasteiger partial charge < -0.3 is 67.1 Å². The number of nitrogens with zero attached hydrogens (tertiary/aromatic N) is 13. The Morgan fingerprint density at radius 3 is 1.14 bits per heavy atom. The van der Waals surface area contributed by atoms with Gasteiger partial charge in [-0.3, -0.25) is 44.7 Å². The molecule has 0 radical (unpaired) electrons. The van der Waals surface area contributed by atoms with Crippen molar-refractivity contribution >= 4 is 81.5 Å². The zero-order valence-electron chi connectivity index (χ0n) is 70.6. The number of nitrogens with two attached hydrogens (primary N) is 2. The number of esters is 1. The SMILES string of the molecule is NC1CCC(Nc2nccc(Nc3cc(C4CCOC4)[nH]n3)n2)CC1.NC1CCN(Cc2ccccn2)CC1.O=C(CC1CCC(Nc2nccc(Nc3cc(C4CCOC4)[nH]n3)n2)CC1)CC1CCN(Cc2ccccn2)CC1.O=C(CC1CCC(Nc2nccc(Nc3cc(C4CCOC4)[nH]n3)n2)CC1)Oc1ccccc1.O=C(Cl)Oc1ccccc1. The number of H-pyrrole nitrogens is 3. The van der Waals surface area contributed by atoms with Crippen molar-refractivity contribution in [3.05, 3.63) is 193 Å². The largest absolute Gasteiger partial charge is 0.427 e. The van der Waals surface area contributed by atoms with Crippen molar-refractivity contribution in [1.82, 2.24) is 80.3 Å². The second-order valence-electron chi connectivity index (χ2n) is 33.5. The van der Waals surface area contributed by atoms with E-state index in [0.717, 1.165) is 265 Å². The van der Waals surface area contributed by atoms with Gasteiger partial charge in [-0.05, 0) is 220 Å². The molecule has 3 unspecified atom stereocenters. The maximum atomic E-state index is 12.9. The van der Waals surface area contributed by atoms with Gasteiger partial charge in [0.1, 0.15) is 34.7 Å². The van der Waals surface area contributed by atoms with Crippen LogP contribution in [0.3, 0.4) is 0 Å². The first-order valence-electron chi connectivity index (χ1n) is 44.2. The number of piperidine rings is 2. The van der Waals surface area contributed by atoms with E-state index >= 15 is 0 Å². The van der Waals surface area contributed by atoms with E-state index < -0.39 is 5.43 Å². The summed E-state index contributed by atoms with van der Waals surface area (Å²) in [7, 11) is 0. The van der Waals surface area contributed by atoms with Crippen LogP contribution >= 0.6 is 11.6 Å². The Balaban J connectivity index is 0.000000135. The molecular formula is C91H119ClN24O8. The van der Waals surface area contributed by atoms with E-state index in [-0.39, 0.29) is 12.0 Å². The first-order chi connectivity index (χ1) is 60.8. The zero-order chi connectivity index (χ0) is 85.3. The highest BCUT2D eigenvalue weighted by Crippen LogP contribution is 2.35. The number of Topliss-reactive ketones (excluding diaryl/α,β-unsaturated/α-hetero) is 1. The van der Waals surface area contributed by atoms with Gasteiger partial charge in [-0.1, -0.05) is 48.5 Å². The molecule has 13 N–H and O–H groups in total. The van der Waals surface area contributed by atoms with Crippen LogP contribution in [-0.4, -0.2) is 193 Å². The summed E-state index contributed by atoms with van der Waals surface area (Å²) in [5.41, 5.74) is 16.6. The third-order valence-electron chi connectivity index (χ3n) is 24.1. The van der Waals surface area contributed by atoms with Crippen molar-refractivity contribution in [3.63, 3.8) is 0 Å². The fourth-order valence-electron chi connectivity index (χ4n) is 17.0. The van der Waals surface area contributed by atoms with Crippen LogP contribution in [0.5, 0.6) is 11.5 Å². The Hall–Kier alpha value is -11.0. The molecule has 124 heavy (non-hydrogen) atoms. The normalized spacial score (nSPS) is 22.3. The average Bonchev–Trinajstić information content (AvgIpc) is 1.68. The molecular weight excluding hydrogens is 1590 g/mol. The van der Waals surface area contributed by atoms with Crippen molar-refractivity contribution in [1.29, 1.82) is 0 Å². The van der Waals surface area contributed by atoms with Crippen LogP contribution in [0.1, 0.15) is 187 Å². The summed E-state index contributed by atoms with van der Waals surface area (Å²) >= 11 is 4.95. The summed E-state index contributed by atoms with van der Waals surface area (Å²) in [6, 6.07) is 43.4. The molecule has 18 rings (SSSR count). The van der Waals surface area contributed by atoms with Crippen LogP contribution in [0, 0.1) is 17.8 Å². The first-order valence-corrected chi connectivity index (χ1v) is 44.6. The summed E-state index contributed by atoms with van der Waals surface area (Å²) < 4.78 is 26.3. The Labute approximate surface area is 729 Å². The highest BCUT2D eigenvalue weighted by atomic mass is 35.5. The summed E-state index contributed by atoms with van der Waals surface area (Å²) in [6.07, 6.45) is 30.8. The van der Waals surface area contributed by atoms with Crippen LogP contribution in [0.2, 0.25) is 0 Å². The predicted octanol–water partition coefficient (Wildman–Crippen LogP) is 15.0. The van der Waals surface area contributed by atoms with Crippen LogP contribution in [0.4, 0.5) is 57.5 Å². The second kappa shape index (κ2) is 47.2. The molecule has 8 aromatic heterocycles. The molecule has 13 heterocycles. The molecule has 0 bridgehead atoms. The van der Waals surface area contributed by atoms with Crippen molar-refractivity contribution in [3.8, 4) is 11.5 Å². The van der Waals surface area contributed by atoms with Crippen LogP contribution in [0.25, 0.3) is 0 Å². The monoisotopic (exact) mass is 1710 g/mol. The number of aromatic nitrogens is 14. The lowest BCUT2D eigenvalue weighted by Crippen LogP contribution is -2.39. The molecule has 33 heteroatoms. The number of anilines is 9. The van der Waals surface area contributed by atoms with E-state index in [2.05, 4.69) is 129 Å². The maximum absolute atomic E-state index is 12.9. The van der Waals surface area contributed by atoms with E-state index in [1.54, 1.807) is 55.0 Å². The predicted molar refractivity (Wildman–Crippen MR) is 477 cm³/mol. The number of pyridine rings is 2. The number of nitrogens with one attached hydrogen (secondary N) is 9. The minimum Gasteiger partial charge on any atom is -0.427 e. The van der Waals surface area contributed by atoms with Crippen molar-refractivity contribution in [2.75, 3.05) is 97.7 Å². The Bertz CT molecular complexity index is 4790. The van der Waals surface area contributed by atoms with Gasteiger partial charge in [0.2, 0.25) is 17.8 Å². The lowest BCUT2D eigenvalue weighted by molar-refractivity contribution is -0.135. The molecule has 658 valence electrons. The summed E-state index contributed by atoms with van der Waals surface area (Å²) in [4.78, 5) is 75.9. The number of rotatable bonds is 27. The molecule has 0 spiro atoms. The number of ether oxygens (including phenoxy) is 5. The van der Waals surface area contributed by atoms with Gasteiger partial charge in [0, 0.05) is 191 Å². The standard InChI is InChI=1S/C31H42N8O2.C25H30N6O3.C17H25N7O.C11H17N3.C7H5ClO2/c40-27(18-23-9-14-39(15-10-23)20-26-3-1-2-12-32-26)17-22-4-6-25(7-5-22)34-31-33-13-8-29(36-31)35-30-19-28(37-38-30)24-11-16-41-21-24;32-24(34-20-4-2-1-3-5-20)14-17-6-8-19(9-7-17)27-25-26-12-10-22(29-25)28-23-15-21(30-31-23)18-11-13-33-16-18;18-12-1-3-13(4-2-12)20-17-19-7-5-15(22-17)21-16-9-14(23-24-16)11-6-8-25-10-11;12-10-4-7-14(8-5-10)9-11-3-1-2-6-13-11;8-7(9)10-6-4-2-1-3-5-6/h1-3,8,12-13,19,22-25H,4-7,9-11,14-18,20-21H2,(H3,33,34,35,36,37,38);1-5,10,12,15,17-19H,6-9,11,13-14,16H2,(H3,26,27,28,29,30,31);5,7,9,11-13H,1-4,6,8,10,18H2,(H3,19,20,21,22,23,24);1-3,6,10H,4-5,7-9,12H2;1-5H. The van der Waals surface area contributed by atoms with E-state index in [0.29, 0.717) is 113 Å². The fraction of sp³-hybridized carbons (Fsp3) is 0.495. The molecule has 3 saturated carbocycles. The molecule has 5 saturated heterocycles. The van der Waals surface area contributed by atoms with Gasteiger partial charge >= 0.3 is 11.4 Å². The molecule has 8 fully saturated rings. The molecule has 2 aromatic carbocycles. The van der Waals surface area contributed by atoms with Gasteiger partial charge in [-0.25, -0.2) is 19.7 Å². The highest BCUT2D eigenvalue weighted by Gasteiger charge is 2.30. The molecule has 5 aliphatic heterocycles. The van der Waals surface area contributed by atoms with Crippen molar-refractivity contribution in [2.45, 2.75) is 202 Å². The Morgan fingerprint density at radius 2 is 0.758 bits per heavy atom. The Kier molecular flexibility index (Phi) is 34.0. The first kappa shape index (κ1) is 89.3. The molecule has 3 aliphatic carbocycles. The molecule has 32 nitrogen and oxygen atoms in total. The maximum Gasteiger partial charge on any atom is 0.409 e. The lowest BCUT2D eigenvalue weighted by Gasteiger charge is -2.32. The quantitative estimate of drug-likeness (QED) is 0.0129. The van der Waals surface area contributed by atoms with Crippen molar-refractivity contribution < 1.29 is 38.1 Å². The second-order valence-corrected chi connectivity index (χ2v) is 33.8. The van der Waals surface area contributed by atoms with Gasteiger partial charge in [0.05, 0.1) is 31.2 Å². The summed E-state index contributed by atoms with van der Waals surface area (Å²) in [5, 5.41) is 42.5. The van der Waals surface area contributed by atoms with Crippen LogP contribution < -0.4 is 52.8 Å². The number of benzene rings is 2. The minimum atomic E-state index is -0.814. The number of likely N-dealkylation sites (tertiary alicyclic amines) is 2. The number of carbonyl (C=O) groups excluding carboxylic acids is 3. The molecule has 0 amide bonds. The molecule has 8 aliphatic rings. The third kappa shape index (κ3) is 29.6. The highest BCUT2D eigenvalue weighted by molar-refractivity contribution is 6.61. The van der Waals surface area contributed by atoms with E-state index in [9.17, 15) is 14.4 Å². The average molecular weight is 1710 g/mol. The Morgan fingerprint density at radius 1 is 0.395 bits per heavy atom. The van der Waals surface area contributed by atoms with Crippen molar-refractivity contribution in [2.24, 2.45) is 29.2 Å². The fourth-order valence-corrected chi connectivity index (χ4v) is 17.1. The third-order valence-corrected chi connectivity index (χ3v) is 24.1. The number of hydrogen-bond acceptors (Lipinski definition) is 29.